The molecule has 3 heterocycles. The molecule has 3 nitrogen and oxygen atoms in total. The second kappa shape index (κ2) is 7.78. The summed E-state index contributed by atoms with van der Waals surface area (Å²) >= 11 is 8.66. The molecule has 2 unspecified atom stereocenters. The van der Waals surface area contributed by atoms with E-state index in [1.54, 1.807) is 18.3 Å². The Kier molecular flexibility index (Phi) is 5.84. The number of thiophene rings is 1. The van der Waals surface area contributed by atoms with Crippen LogP contribution >= 0.6 is 34.7 Å². The van der Waals surface area contributed by atoms with Gasteiger partial charge in [-0.2, -0.15) is 13.2 Å². The van der Waals surface area contributed by atoms with Crippen LogP contribution in [0.5, 0.6) is 0 Å². The number of thioether (sulfide) groups is 1. The predicted octanol–water partition coefficient (Wildman–Crippen LogP) is 5.66. The molecule has 0 saturated carbocycles. The van der Waals surface area contributed by atoms with E-state index >= 15 is 0 Å². The summed E-state index contributed by atoms with van der Waals surface area (Å²) in [4.78, 5) is 19.7. The molecule has 2 atom stereocenters. The van der Waals surface area contributed by atoms with Crippen LogP contribution in [0.2, 0.25) is 5.02 Å². The maximum Gasteiger partial charge on any atom is 0.417 e. The van der Waals surface area contributed by atoms with Gasteiger partial charge in [0, 0.05) is 17.6 Å². The first kappa shape index (κ1) is 19.5. The number of alkyl halides is 3. The lowest BCUT2D eigenvalue weighted by Crippen LogP contribution is -2.35. The lowest BCUT2D eigenvalue weighted by Gasteiger charge is -2.26. The Bertz CT molecular complexity index is 783. The van der Waals surface area contributed by atoms with E-state index < -0.39 is 17.0 Å². The number of halogens is 4. The fourth-order valence-corrected chi connectivity index (χ4v) is 4.96. The van der Waals surface area contributed by atoms with Crippen LogP contribution in [0.3, 0.4) is 0 Å². The predicted molar refractivity (Wildman–Crippen MR) is 97.6 cm³/mol. The molecule has 9 heteroatoms. The number of aromatic nitrogens is 1. The first-order valence-corrected chi connectivity index (χ1v) is 10.1. The number of carbonyl (C=O) groups is 1. The van der Waals surface area contributed by atoms with Crippen LogP contribution < -0.4 is 0 Å². The minimum Gasteiger partial charge on any atom is -0.334 e. The van der Waals surface area contributed by atoms with Gasteiger partial charge in [-0.05, 0) is 37.3 Å². The van der Waals surface area contributed by atoms with Crippen LogP contribution in [0.1, 0.15) is 36.2 Å². The minimum absolute atomic E-state index is 0.0522. The molecule has 3 rings (SSSR count). The van der Waals surface area contributed by atoms with Crippen molar-refractivity contribution in [1.82, 2.24) is 9.88 Å². The van der Waals surface area contributed by atoms with Gasteiger partial charge < -0.3 is 4.90 Å². The van der Waals surface area contributed by atoms with E-state index in [0.29, 0.717) is 6.54 Å². The third kappa shape index (κ3) is 4.18. The third-order valence-electron chi connectivity index (χ3n) is 4.18. The summed E-state index contributed by atoms with van der Waals surface area (Å²) in [5.41, 5.74) is -0.900. The molecule has 1 fully saturated rings. The van der Waals surface area contributed by atoms with Crippen molar-refractivity contribution in [2.24, 2.45) is 0 Å². The van der Waals surface area contributed by atoms with Gasteiger partial charge in [-0.15, -0.1) is 11.3 Å². The highest BCUT2D eigenvalue weighted by atomic mass is 35.5. The highest BCUT2D eigenvalue weighted by Crippen LogP contribution is 2.38. The van der Waals surface area contributed by atoms with Crippen molar-refractivity contribution in [3.63, 3.8) is 0 Å². The standard InChI is InChI=1S/C17H16ClF3N2OS2/c1-10(26-15-12(18)8-11(9-22-15)17(19,20)21)16(24)23-6-2-4-13(23)14-5-3-7-25-14/h3,5,7-10,13H,2,4,6H2,1H3. The van der Waals surface area contributed by atoms with Crippen LogP contribution in [0.4, 0.5) is 13.2 Å². The molecule has 0 N–H and O–H groups in total. The smallest absolute Gasteiger partial charge is 0.334 e. The quantitative estimate of drug-likeness (QED) is 0.598. The van der Waals surface area contributed by atoms with Gasteiger partial charge in [-0.1, -0.05) is 29.4 Å². The van der Waals surface area contributed by atoms with Gasteiger partial charge in [-0.3, -0.25) is 4.79 Å². The number of likely N-dealkylation sites (tertiary alicyclic amines) is 1. The number of hydrogen-bond donors (Lipinski definition) is 0. The van der Waals surface area contributed by atoms with Crippen LogP contribution in [0.25, 0.3) is 0 Å². The van der Waals surface area contributed by atoms with Crippen LogP contribution in [-0.2, 0) is 11.0 Å². The molecule has 140 valence electrons. The number of pyridine rings is 1. The van der Waals surface area contributed by atoms with E-state index in [4.69, 9.17) is 11.6 Å². The fraction of sp³-hybridized carbons (Fsp3) is 0.412. The summed E-state index contributed by atoms with van der Waals surface area (Å²) < 4.78 is 38.1. The molecule has 1 saturated heterocycles. The Morgan fingerprint density at radius 2 is 2.27 bits per heavy atom. The Morgan fingerprint density at radius 3 is 2.88 bits per heavy atom. The van der Waals surface area contributed by atoms with Gasteiger partial charge >= 0.3 is 6.18 Å². The Hall–Kier alpha value is -1.25. The van der Waals surface area contributed by atoms with Gasteiger partial charge in [0.2, 0.25) is 5.91 Å². The van der Waals surface area contributed by atoms with Crippen molar-refractivity contribution in [2.45, 2.75) is 42.3 Å². The van der Waals surface area contributed by atoms with Gasteiger partial charge in [-0.25, -0.2) is 4.98 Å². The monoisotopic (exact) mass is 420 g/mol. The SMILES string of the molecule is CC(Sc1ncc(C(F)(F)F)cc1Cl)C(=O)N1CCCC1c1cccs1. The van der Waals surface area contributed by atoms with E-state index in [1.807, 2.05) is 22.4 Å². The second-order valence-corrected chi connectivity index (χ2v) is 8.69. The van der Waals surface area contributed by atoms with Crippen LogP contribution in [-0.4, -0.2) is 27.6 Å². The molecule has 1 aliphatic heterocycles. The average Bonchev–Trinajstić information content (AvgIpc) is 3.25. The molecule has 1 aliphatic rings. The maximum atomic E-state index is 12.9. The second-order valence-electron chi connectivity index (χ2n) is 5.97. The summed E-state index contributed by atoms with van der Waals surface area (Å²) in [6.45, 7) is 2.41. The summed E-state index contributed by atoms with van der Waals surface area (Å²) in [5.74, 6) is -0.0522. The van der Waals surface area contributed by atoms with Gasteiger partial charge in [0.25, 0.3) is 0 Å². The van der Waals surface area contributed by atoms with Crippen LogP contribution in [0.15, 0.2) is 34.8 Å². The molecule has 26 heavy (non-hydrogen) atoms. The van der Waals surface area contributed by atoms with Gasteiger partial charge in [0.1, 0.15) is 5.03 Å². The summed E-state index contributed by atoms with van der Waals surface area (Å²) in [5, 5.41) is 1.63. The van der Waals surface area contributed by atoms with Crippen LogP contribution in [0, 0.1) is 0 Å². The van der Waals surface area contributed by atoms with Crippen molar-refractivity contribution < 1.29 is 18.0 Å². The molecule has 1 amide bonds. The zero-order valence-corrected chi connectivity index (χ0v) is 16.2. The molecule has 0 spiro atoms. The normalized spacial score (nSPS) is 19.0. The Morgan fingerprint density at radius 1 is 1.50 bits per heavy atom. The average molecular weight is 421 g/mol. The lowest BCUT2D eigenvalue weighted by atomic mass is 10.2. The lowest BCUT2D eigenvalue weighted by molar-refractivity contribution is -0.138. The molecule has 2 aromatic heterocycles. The third-order valence-corrected chi connectivity index (χ3v) is 6.66. The summed E-state index contributed by atoms with van der Waals surface area (Å²) in [6, 6.07) is 4.90. The number of rotatable bonds is 4. The van der Waals surface area contributed by atoms with E-state index in [0.717, 1.165) is 41.7 Å². The highest BCUT2D eigenvalue weighted by molar-refractivity contribution is 8.00. The molecule has 0 aromatic carbocycles. The molecule has 0 radical (unpaired) electrons. The van der Waals surface area contributed by atoms with Crippen molar-refractivity contribution in [2.75, 3.05) is 6.54 Å². The van der Waals surface area contributed by atoms with Crippen molar-refractivity contribution in [1.29, 1.82) is 0 Å². The molecule has 2 aromatic rings. The first-order chi connectivity index (χ1) is 12.3. The zero-order chi connectivity index (χ0) is 18.9. The number of amides is 1. The number of carbonyl (C=O) groups excluding carboxylic acids is 1. The maximum absolute atomic E-state index is 12.9. The number of nitrogens with zero attached hydrogens (tertiary/aromatic N) is 2. The van der Waals surface area contributed by atoms with Gasteiger partial charge in [0.05, 0.1) is 21.9 Å². The Labute approximate surface area is 162 Å². The van der Waals surface area contributed by atoms with E-state index in [9.17, 15) is 18.0 Å². The van der Waals surface area contributed by atoms with E-state index in [2.05, 4.69) is 4.98 Å². The topological polar surface area (TPSA) is 33.2 Å². The number of hydrogen-bond acceptors (Lipinski definition) is 4. The summed E-state index contributed by atoms with van der Waals surface area (Å²) in [7, 11) is 0. The molecular formula is C17H16ClF3N2OS2. The molecule has 0 bridgehead atoms. The van der Waals surface area contributed by atoms with Crippen molar-refractivity contribution >= 4 is 40.6 Å². The van der Waals surface area contributed by atoms with E-state index in [-0.39, 0.29) is 22.0 Å². The fourth-order valence-electron chi connectivity index (χ4n) is 2.93. The first-order valence-electron chi connectivity index (χ1n) is 8.00. The minimum atomic E-state index is -4.50. The molecular weight excluding hydrogens is 405 g/mol. The zero-order valence-electron chi connectivity index (χ0n) is 13.8. The summed E-state index contributed by atoms with van der Waals surface area (Å²) in [6.07, 6.45) is -1.89. The van der Waals surface area contributed by atoms with E-state index in [1.165, 1.54) is 0 Å². The van der Waals surface area contributed by atoms with Gasteiger partial charge in [0.15, 0.2) is 0 Å². The van der Waals surface area contributed by atoms with Crippen molar-refractivity contribution in [3.05, 3.63) is 45.2 Å². The largest absolute Gasteiger partial charge is 0.417 e. The molecule has 0 aliphatic carbocycles. The Balaban J connectivity index is 1.71. The highest BCUT2D eigenvalue weighted by Gasteiger charge is 2.34. The van der Waals surface area contributed by atoms with Crippen molar-refractivity contribution in [3.8, 4) is 0 Å².